The van der Waals surface area contributed by atoms with Crippen molar-refractivity contribution in [3.05, 3.63) is 0 Å². The Morgan fingerprint density at radius 2 is 2.00 bits per heavy atom. The number of hydrogen-bond acceptors (Lipinski definition) is 2. The minimum absolute atomic E-state index is 0.216. The molecule has 0 bridgehead atoms. The third-order valence-corrected chi connectivity index (χ3v) is 4.44. The fraction of sp³-hybridized carbons (Fsp3) is 0.933. The fourth-order valence-electron chi connectivity index (χ4n) is 3.21. The van der Waals surface area contributed by atoms with E-state index in [-0.39, 0.29) is 5.91 Å². The van der Waals surface area contributed by atoms with E-state index in [1.54, 1.807) is 0 Å². The first kappa shape index (κ1) is 15.5. The van der Waals surface area contributed by atoms with Crippen molar-refractivity contribution in [3.63, 3.8) is 0 Å². The van der Waals surface area contributed by atoms with Crippen LogP contribution < -0.4 is 11.1 Å². The van der Waals surface area contributed by atoms with Crippen LogP contribution in [-0.2, 0) is 4.79 Å². The predicted molar refractivity (Wildman–Crippen MR) is 76.2 cm³/mol. The lowest BCUT2D eigenvalue weighted by molar-refractivity contribution is -0.123. The molecule has 0 aromatic carbocycles. The van der Waals surface area contributed by atoms with Crippen molar-refractivity contribution in [1.29, 1.82) is 0 Å². The van der Waals surface area contributed by atoms with Crippen LogP contribution >= 0.6 is 0 Å². The molecule has 1 aliphatic carbocycles. The highest BCUT2D eigenvalue weighted by molar-refractivity contribution is 5.76. The zero-order valence-corrected chi connectivity index (χ0v) is 12.2. The molecule has 0 aromatic rings. The summed E-state index contributed by atoms with van der Waals surface area (Å²) in [6, 6.07) is 0.609. The van der Waals surface area contributed by atoms with E-state index < -0.39 is 0 Å². The van der Waals surface area contributed by atoms with E-state index in [4.69, 9.17) is 5.73 Å². The van der Waals surface area contributed by atoms with Gasteiger partial charge in [-0.25, -0.2) is 0 Å². The van der Waals surface area contributed by atoms with Gasteiger partial charge in [-0.1, -0.05) is 33.1 Å². The highest BCUT2D eigenvalue weighted by Crippen LogP contribution is 2.25. The summed E-state index contributed by atoms with van der Waals surface area (Å²) in [5.41, 5.74) is 5.96. The Hall–Kier alpha value is -0.570. The second kappa shape index (κ2) is 7.78. The first-order chi connectivity index (χ1) is 8.56. The van der Waals surface area contributed by atoms with E-state index >= 15 is 0 Å². The molecule has 3 nitrogen and oxygen atoms in total. The van der Waals surface area contributed by atoms with Crippen LogP contribution in [0.5, 0.6) is 0 Å². The van der Waals surface area contributed by atoms with E-state index in [1.165, 1.54) is 12.8 Å². The topological polar surface area (TPSA) is 55.1 Å². The molecule has 1 rings (SSSR count). The molecule has 3 N–H and O–H groups in total. The van der Waals surface area contributed by atoms with Crippen LogP contribution in [0.1, 0.15) is 65.7 Å². The number of rotatable bonds is 6. The Morgan fingerprint density at radius 3 is 2.56 bits per heavy atom. The van der Waals surface area contributed by atoms with Gasteiger partial charge in [0.25, 0.3) is 0 Å². The van der Waals surface area contributed by atoms with Gasteiger partial charge in [-0.15, -0.1) is 0 Å². The summed E-state index contributed by atoms with van der Waals surface area (Å²) >= 11 is 0. The van der Waals surface area contributed by atoms with Crippen LogP contribution in [0.15, 0.2) is 0 Å². The van der Waals surface area contributed by atoms with Crippen LogP contribution in [0.25, 0.3) is 0 Å². The van der Waals surface area contributed by atoms with Gasteiger partial charge in [0.05, 0.1) is 0 Å². The van der Waals surface area contributed by atoms with Gasteiger partial charge in [-0.05, 0) is 38.0 Å². The van der Waals surface area contributed by atoms with Crippen LogP contribution in [0, 0.1) is 11.8 Å². The number of amides is 1. The maximum atomic E-state index is 12.0. The van der Waals surface area contributed by atoms with Crippen molar-refractivity contribution in [1.82, 2.24) is 5.32 Å². The molecule has 3 atom stereocenters. The number of nitrogens with one attached hydrogen (secondary N) is 1. The standard InChI is InChI=1S/C15H30N2O/c1-4-13(5-2)11(3)17-15(18)10-12-7-6-8-14(16)9-12/h11-14H,4-10,16H2,1-3H3,(H,17,18). The molecule has 18 heavy (non-hydrogen) atoms. The van der Waals surface area contributed by atoms with Gasteiger partial charge in [0.15, 0.2) is 0 Å². The molecule has 106 valence electrons. The van der Waals surface area contributed by atoms with Crippen molar-refractivity contribution in [3.8, 4) is 0 Å². The van der Waals surface area contributed by atoms with E-state index in [0.717, 1.165) is 25.7 Å². The molecule has 1 fully saturated rings. The summed E-state index contributed by atoms with van der Waals surface area (Å²) in [5, 5.41) is 3.16. The molecular weight excluding hydrogens is 224 g/mol. The van der Waals surface area contributed by atoms with Crippen molar-refractivity contribution < 1.29 is 4.79 Å². The molecule has 0 aromatic heterocycles. The molecular formula is C15H30N2O. The molecule has 0 spiro atoms. The normalized spacial score (nSPS) is 26.1. The van der Waals surface area contributed by atoms with Crippen LogP contribution in [-0.4, -0.2) is 18.0 Å². The number of nitrogens with two attached hydrogens (primary N) is 1. The average Bonchev–Trinajstić information content (AvgIpc) is 2.30. The molecule has 0 radical (unpaired) electrons. The van der Waals surface area contributed by atoms with Crippen LogP contribution in [0.4, 0.5) is 0 Å². The summed E-state index contributed by atoms with van der Waals surface area (Å²) < 4.78 is 0. The van der Waals surface area contributed by atoms with E-state index in [1.807, 2.05) is 0 Å². The van der Waals surface area contributed by atoms with Gasteiger partial charge in [-0.3, -0.25) is 4.79 Å². The molecule has 3 heteroatoms. The third-order valence-electron chi connectivity index (χ3n) is 4.44. The summed E-state index contributed by atoms with van der Waals surface area (Å²) in [5.74, 6) is 1.32. The van der Waals surface area contributed by atoms with Gasteiger partial charge in [0.2, 0.25) is 5.91 Å². The monoisotopic (exact) mass is 254 g/mol. The zero-order valence-electron chi connectivity index (χ0n) is 12.2. The second-order valence-corrected chi connectivity index (χ2v) is 5.93. The SMILES string of the molecule is CCC(CC)C(C)NC(=O)CC1CCCC(N)C1. The molecule has 0 saturated heterocycles. The highest BCUT2D eigenvalue weighted by atomic mass is 16.1. The smallest absolute Gasteiger partial charge is 0.220 e. The first-order valence-corrected chi connectivity index (χ1v) is 7.61. The minimum Gasteiger partial charge on any atom is -0.353 e. The van der Waals surface area contributed by atoms with Gasteiger partial charge in [-0.2, -0.15) is 0 Å². The Bertz CT molecular complexity index is 245. The van der Waals surface area contributed by atoms with Gasteiger partial charge in [0, 0.05) is 18.5 Å². The van der Waals surface area contributed by atoms with Crippen molar-refractivity contribution in [2.75, 3.05) is 0 Å². The van der Waals surface area contributed by atoms with Gasteiger partial charge < -0.3 is 11.1 Å². The Balaban J connectivity index is 2.32. The molecule has 1 amide bonds. The van der Waals surface area contributed by atoms with Crippen molar-refractivity contribution >= 4 is 5.91 Å². The molecule has 1 aliphatic rings. The van der Waals surface area contributed by atoms with Gasteiger partial charge in [0.1, 0.15) is 0 Å². The third kappa shape index (κ3) is 4.97. The van der Waals surface area contributed by atoms with E-state index in [2.05, 4.69) is 26.1 Å². The largest absolute Gasteiger partial charge is 0.353 e. The number of hydrogen-bond donors (Lipinski definition) is 2. The highest BCUT2D eigenvalue weighted by Gasteiger charge is 2.23. The minimum atomic E-state index is 0.216. The summed E-state index contributed by atoms with van der Waals surface area (Å²) in [6.07, 6.45) is 7.42. The Labute approximate surface area is 112 Å². The Morgan fingerprint density at radius 1 is 1.33 bits per heavy atom. The summed E-state index contributed by atoms with van der Waals surface area (Å²) in [4.78, 5) is 12.0. The molecule has 3 unspecified atom stereocenters. The number of carbonyl (C=O) groups excluding carboxylic acids is 1. The molecule has 1 saturated carbocycles. The predicted octanol–water partition coefficient (Wildman–Crippen LogP) is 2.83. The number of carbonyl (C=O) groups is 1. The van der Waals surface area contributed by atoms with Gasteiger partial charge >= 0.3 is 0 Å². The second-order valence-electron chi connectivity index (χ2n) is 5.93. The lowest BCUT2D eigenvalue weighted by Crippen LogP contribution is -2.39. The zero-order chi connectivity index (χ0) is 13.5. The summed E-state index contributed by atoms with van der Waals surface area (Å²) in [7, 11) is 0. The quantitative estimate of drug-likeness (QED) is 0.766. The maximum Gasteiger partial charge on any atom is 0.220 e. The van der Waals surface area contributed by atoms with E-state index in [0.29, 0.717) is 30.3 Å². The first-order valence-electron chi connectivity index (χ1n) is 7.61. The lowest BCUT2D eigenvalue weighted by Gasteiger charge is -2.27. The summed E-state index contributed by atoms with van der Waals surface area (Å²) in [6.45, 7) is 6.51. The average molecular weight is 254 g/mol. The molecule has 0 heterocycles. The van der Waals surface area contributed by atoms with Crippen molar-refractivity contribution in [2.24, 2.45) is 17.6 Å². The van der Waals surface area contributed by atoms with E-state index in [9.17, 15) is 4.79 Å². The lowest BCUT2D eigenvalue weighted by atomic mass is 9.84. The van der Waals surface area contributed by atoms with Crippen molar-refractivity contribution in [2.45, 2.75) is 77.8 Å². The van der Waals surface area contributed by atoms with Crippen LogP contribution in [0.3, 0.4) is 0 Å². The van der Waals surface area contributed by atoms with Crippen LogP contribution in [0.2, 0.25) is 0 Å². The maximum absolute atomic E-state index is 12.0. The Kier molecular flexibility index (Phi) is 6.69. The fourth-order valence-corrected chi connectivity index (χ4v) is 3.21. The molecule has 0 aliphatic heterocycles.